The van der Waals surface area contributed by atoms with Crippen molar-refractivity contribution in [2.75, 3.05) is 7.11 Å². The molecule has 0 fully saturated rings. The Bertz CT molecular complexity index is 414. The number of hydrogen-bond donors (Lipinski definition) is 1. The van der Waals surface area contributed by atoms with E-state index in [1.807, 2.05) is 20.8 Å². The number of ketones is 1. The molecule has 1 aromatic carbocycles. The summed E-state index contributed by atoms with van der Waals surface area (Å²) in [5, 5.41) is 9.68. The van der Waals surface area contributed by atoms with E-state index in [0.29, 0.717) is 11.3 Å². The molecule has 0 saturated carbocycles. The molecule has 1 aromatic rings. The predicted octanol–water partition coefficient (Wildman–Crippen LogP) is 2.90. The van der Waals surface area contributed by atoms with Crippen molar-refractivity contribution in [2.45, 2.75) is 33.1 Å². The van der Waals surface area contributed by atoms with Crippen LogP contribution in [0.5, 0.6) is 11.5 Å². The number of hydrogen-bond acceptors (Lipinski definition) is 3. The van der Waals surface area contributed by atoms with Gasteiger partial charge in [-0.1, -0.05) is 20.8 Å². The molecule has 3 nitrogen and oxygen atoms in total. The molecule has 0 aliphatic carbocycles. The maximum atomic E-state index is 11.3. The highest BCUT2D eigenvalue weighted by Crippen LogP contribution is 2.36. The quantitative estimate of drug-likeness (QED) is 0.782. The predicted molar refractivity (Wildman–Crippen MR) is 63.4 cm³/mol. The summed E-state index contributed by atoms with van der Waals surface area (Å²) in [6.45, 7) is 7.54. The van der Waals surface area contributed by atoms with Gasteiger partial charge in [-0.2, -0.15) is 0 Å². The summed E-state index contributed by atoms with van der Waals surface area (Å²) in [5.74, 6) is 0.429. The number of methoxy groups -OCH3 is 1. The first-order valence-corrected chi connectivity index (χ1v) is 5.19. The zero-order chi connectivity index (χ0) is 12.5. The Labute approximate surface area is 96.1 Å². The molecule has 16 heavy (non-hydrogen) atoms. The van der Waals surface area contributed by atoms with Gasteiger partial charge in [0.2, 0.25) is 0 Å². The van der Waals surface area contributed by atoms with Gasteiger partial charge in [0.1, 0.15) is 11.5 Å². The Kier molecular flexibility index (Phi) is 3.27. The Hall–Kier alpha value is -1.51. The lowest BCUT2D eigenvalue weighted by Crippen LogP contribution is -2.14. The molecule has 0 aromatic heterocycles. The lowest BCUT2D eigenvalue weighted by Gasteiger charge is -2.23. The van der Waals surface area contributed by atoms with Crippen LogP contribution in [0.3, 0.4) is 0 Å². The van der Waals surface area contributed by atoms with Gasteiger partial charge in [0.25, 0.3) is 0 Å². The fraction of sp³-hybridized carbons (Fsp3) is 0.462. The van der Waals surface area contributed by atoms with Gasteiger partial charge in [-0.15, -0.1) is 0 Å². The third-order valence-electron chi connectivity index (χ3n) is 2.51. The first-order chi connectivity index (χ1) is 7.27. The second-order valence-electron chi connectivity index (χ2n) is 4.88. The molecule has 0 heterocycles. The fourth-order valence-electron chi connectivity index (χ4n) is 1.61. The van der Waals surface area contributed by atoms with Crippen LogP contribution in [0.2, 0.25) is 0 Å². The van der Waals surface area contributed by atoms with Gasteiger partial charge in [0.05, 0.1) is 12.7 Å². The van der Waals surface area contributed by atoms with Crippen LogP contribution in [0.1, 0.15) is 43.6 Å². The highest BCUT2D eigenvalue weighted by Gasteiger charge is 2.22. The molecule has 0 aliphatic heterocycles. The smallest absolute Gasteiger partial charge is 0.163 e. The van der Waals surface area contributed by atoms with E-state index in [1.165, 1.54) is 13.0 Å². The molecule has 0 aliphatic rings. The zero-order valence-electron chi connectivity index (χ0n) is 10.4. The van der Waals surface area contributed by atoms with E-state index in [2.05, 4.69) is 0 Å². The van der Waals surface area contributed by atoms with Gasteiger partial charge in [-0.25, -0.2) is 0 Å². The number of ether oxygens (including phenoxy) is 1. The summed E-state index contributed by atoms with van der Waals surface area (Å²) in [6.07, 6.45) is 0. The van der Waals surface area contributed by atoms with Crippen molar-refractivity contribution in [3.05, 3.63) is 23.3 Å². The summed E-state index contributed by atoms with van der Waals surface area (Å²) in [5.41, 5.74) is 1.12. The molecule has 0 radical (unpaired) electrons. The van der Waals surface area contributed by atoms with E-state index in [-0.39, 0.29) is 16.9 Å². The van der Waals surface area contributed by atoms with Crippen molar-refractivity contribution in [1.82, 2.24) is 0 Å². The van der Waals surface area contributed by atoms with Gasteiger partial charge in [-0.3, -0.25) is 4.79 Å². The van der Waals surface area contributed by atoms with Gasteiger partial charge >= 0.3 is 0 Å². The Morgan fingerprint density at radius 3 is 2.25 bits per heavy atom. The minimum absolute atomic E-state index is 0.0302. The number of Topliss-reactive ketones (excluding diaryl/α,β-unsaturated/α-hetero) is 1. The Morgan fingerprint density at radius 2 is 1.88 bits per heavy atom. The van der Waals surface area contributed by atoms with Crippen LogP contribution < -0.4 is 4.74 Å². The highest BCUT2D eigenvalue weighted by molar-refractivity contribution is 5.97. The van der Waals surface area contributed by atoms with E-state index in [1.54, 1.807) is 13.2 Å². The monoisotopic (exact) mass is 222 g/mol. The average Bonchev–Trinajstić information content (AvgIpc) is 2.14. The number of carbonyl (C=O) groups is 1. The summed E-state index contributed by atoms with van der Waals surface area (Å²) >= 11 is 0. The van der Waals surface area contributed by atoms with Crippen molar-refractivity contribution in [3.8, 4) is 11.5 Å². The minimum atomic E-state index is -0.148. The van der Waals surface area contributed by atoms with Crippen molar-refractivity contribution < 1.29 is 14.6 Å². The first kappa shape index (κ1) is 12.6. The van der Waals surface area contributed by atoms with Crippen molar-refractivity contribution in [1.29, 1.82) is 0 Å². The van der Waals surface area contributed by atoms with Gasteiger partial charge in [0, 0.05) is 11.6 Å². The summed E-state index contributed by atoms with van der Waals surface area (Å²) in [4.78, 5) is 11.3. The molecule has 1 N–H and O–H groups in total. The maximum Gasteiger partial charge on any atom is 0.163 e. The van der Waals surface area contributed by atoms with E-state index in [9.17, 15) is 9.90 Å². The van der Waals surface area contributed by atoms with Gasteiger partial charge in [0.15, 0.2) is 5.78 Å². The Balaban J connectivity index is 3.47. The molecular weight excluding hydrogens is 204 g/mol. The van der Waals surface area contributed by atoms with Crippen LogP contribution in [0.4, 0.5) is 0 Å². The molecule has 0 spiro atoms. The minimum Gasteiger partial charge on any atom is -0.507 e. The lowest BCUT2D eigenvalue weighted by molar-refractivity contribution is 0.101. The van der Waals surface area contributed by atoms with E-state index < -0.39 is 0 Å². The van der Waals surface area contributed by atoms with E-state index in [4.69, 9.17) is 4.74 Å². The van der Waals surface area contributed by atoms with Crippen molar-refractivity contribution in [2.24, 2.45) is 0 Å². The van der Waals surface area contributed by atoms with Crippen LogP contribution in [-0.4, -0.2) is 18.0 Å². The molecule has 0 atom stereocenters. The number of rotatable bonds is 2. The lowest BCUT2D eigenvalue weighted by atomic mass is 9.85. The summed E-state index contributed by atoms with van der Waals surface area (Å²) < 4.78 is 5.22. The zero-order valence-corrected chi connectivity index (χ0v) is 10.4. The molecule has 3 heteroatoms. The van der Waals surface area contributed by atoms with Crippen LogP contribution >= 0.6 is 0 Å². The summed E-state index contributed by atoms with van der Waals surface area (Å²) in [7, 11) is 1.55. The van der Waals surface area contributed by atoms with Gasteiger partial charge in [-0.05, 0) is 18.4 Å². The molecule has 88 valence electrons. The fourth-order valence-corrected chi connectivity index (χ4v) is 1.61. The topological polar surface area (TPSA) is 46.5 Å². The molecular formula is C13H18O3. The third-order valence-corrected chi connectivity index (χ3v) is 2.51. The first-order valence-electron chi connectivity index (χ1n) is 5.19. The van der Waals surface area contributed by atoms with E-state index in [0.717, 1.165) is 5.56 Å². The number of benzene rings is 1. The van der Waals surface area contributed by atoms with Crippen molar-refractivity contribution >= 4 is 5.78 Å². The molecule has 0 unspecified atom stereocenters. The van der Waals surface area contributed by atoms with Crippen LogP contribution in [-0.2, 0) is 5.41 Å². The maximum absolute atomic E-state index is 11.3. The Morgan fingerprint density at radius 1 is 1.31 bits per heavy atom. The largest absolute Gasteiger partial charge is 0.507 e. The standard InChI is InChI=1S/C13H18O3/c1-8(14)9-6-10(13(2,3)4)12(16-5)7-11(9)15/h6-7,15H,1-5H3. The number of phenolic OH excluding ortho intramolecular Hbond substituents is 1. The third kappa shape index (κ3) is 2.35. The molecule has 0 saturated heterocycles. The molecule has 0 amide bonds. The van der Waals surface area contributed by atoms with Gasteiger partial charge < -0.3 is 9.84 Å². The molecule has 1 rings (SSSR count). The number of aromatic hydroxyl groups is 1. The van der Waals surface area contributed by atoms with E-state index >= 15 is 0 Å². The second-order valence-corrected chi connectivity index (χ2v) is 4.88. The van der Waals surface area contributed by atoms with Crippen LogP contribution in [0.15, 0.2) is 12.1 Å². The molecule has 0 bridgehead atoms. The van der Waals surface area contributed by atoms with Crippen LogP contribution in [0.25, 0.3) is 0 Å². The summed E-state index contributed by atoms with van der Waals surface area (Å²) in [6, 6.07) is 3.20. The van der Waals surface area contributed by atoms with Crippen LogP contribution in [0, 0.1) is 0 Å². The van der Waals surface area contributed by atoms with Crippen molar-refractivity contribution in [3.63, 3.8) is 0 Å². The number of phenols is 1. The highest BCUT2D eigenvalue weighted by atomic mass is 16.5. The second kappa shape index (κ2) is 4.16. The number of carbonyl (C=O) groups excluding carboxylic acids is 1. The SMILES string of the molecule is COc1cc(O)c(C(C)=O)cc1C(C)(C)C. The average molecular weight is 222 g/mol. The normalized spacial score (nSPS) is 11.3.